The van der Waals surface area contributed by atoms with Crippen LogP contribution in [0.4, 0.5) is 22.7 Å². The molecule has 0 spiro atoms. The number of aromatic nitrogens is 4. The van der Waals surface area contributed by atoms with Crippen LogP contribution in [-0.2, 0) is 9.59 Å². The van der Waals surface area contributed by atoms with E-state index < -0.39 is 9.85 Å². The fourth-order valence-electron chi connectivity index (χ4n) is 5.90. The number of nitro benzene ring substituents is 2. The van der Waals surface area contributed by atoms with Gasteiger partial charge < -0.3 is 15.6 Å². The van der Waals surface area contributed by atoms with E-state index in [1.807, 2.05) is 88.4 Å². The van der Waals surface area contributed by atoms with Crippen molar-refractivity contribution in [2.24, 2.45) is 0 Å². The number of halogens is 1. The average Bonchev–Trinajstić information content (AvgIpc) is 3.92. The molecular weight excluding hydrogens is 857 g/mol. The lowest BCUT2D eigenvalue weighted by atomic mass is 10.1. The van der Waals surface area contributed by atoms with E-state index in [-0.39, 0.29) is 45.6 Å². The molecule has 0 fully saturated rings. The number of alkyl halides is 1. The molecule has 0 radical (unpaired) electrons. The van der Waals surface area contributed by atoms with Gasteiger partial charge in [0.2, 0.25) is 11.8 Å². The van der Waals surface area contributed by atoms with Gasteiger partial charge in [-0.2, -0.15) is 0 Å². The number of H-pyrrole nitrogens is 1. The van der Waals surface area contributed by atoms with Crippen molar-refractivity contribution < 1.29 is 19.4 Å². The monoisotopic (exact) mass is 888 g/mol. The lowest BCUT2D eigenvalue weighted by Crippen LogP contribution is -2.15. The molecule has 2 heterocycles. The Morgan fingerprint density at radius 2 is 1.17 bits per heavy atom. The first-order valence-corrected chi connectivity index (χ1v) is 20.2. The molecule has 0 bridgehead atoms. The van der Waals surface area contributed by atoms with Crippen molar-refractivity contribution in [1.82, 2.24) is 19.1 Å². The second-order valence-electron chi connectivity index (χ2n) is 12.3. The maximum atomic E-state index is 12.4. The minimum atomic E-state index is -0.538. The molecule has 0 aliphatic rings. The summed E-state index contributed by atoms with van der Waals surface area (Å²) in [7, 11) is 0. The van der Waals surface area contributed by atoms with Crippen LogP contribution in [0.15, 0.2) is 163 Å². The molecule has 2 aromatic heterocycles. The Morgan fingerprint density at radius 3 is 1.69 bits per heavy atom. The van der Waals surface area contributed by atoms with Crippen LogP contribution in [-0.4, -0.2) is 51.8 Å². The number of carbonyl (C=O) groups is 2. The minimum absolute atomic E-state index is 0.0772. The van der Waals surface area contributed by atoms with E-state index in [9.17, 15) is 29.8 Å². The van der Waals surface area contributed by atoms with Crippen LogP contribution in [0.2, 0.25) is 0 Å². The number of thioether (sulfide) groups is 1. The van der Waals surface area contributed by atoms with Crippen molar-refractivity contribution in [1.29, 1.82) is 0 Å². The highest BCUT2D eigenvalue weighted by Gasteiger charge is 2.17. The number of imidazole rings is 2. The zero-order valence-corrected chi connectivity index (χ0v) is 34.0. The van der Waals surface area contributed by atoms with Gasteiger partial charge >= 0.3 is 0 Å². The lowest BCUT2D eigenvalue weighted by Gasteiger charge is -2.11. The van der Waals surface area contributed by atoms with Gasteiger partial charge in [0.15, 0.2) is 9.93 Å². The zero-order chi connectivity index (χ0) is 41.7. The second kappa shape index (κ2) is 20.0. The number of nitrogens with one attached hydrogen (secondary N) is 3. The summed E-state index contributed by atoms with van der Waals surface area (Å²) in [5, 5.41) is 32.1. The van der Waals surface area contributed by atoms with E-state index in [1.54, 1.807) is 30.5 Å². The Bertz CT molecular complexity index is 2830. The Kier molecular flexibility index (Phi) is 14.1. The maximum absolute atomic E-state index is 12.4. The fraction of sp³-hybridized carbons (Fsp3) is 0.0476. The van der Waals surface area contributed by atoms with Gasteiger partial charge in [-0.25, -0.2) is 4.98 Å². The third-order valence-electron chi connectivity index (χ3n) is 8.51. The van der Waals surface area contributed by atoms with Gasteiger partial charge in [0.25, 0.3) is 11.4 Å². The van der Waals surface area contributed by atoms with Crippen molar-refractivity contribution in [2.45, 2.75) is 5.16 Å². The molecule has 0 aliphatic heterocycles. The number of fused-ring (bicyclic) bond motifs is 2. The molecular formula is C42H33BrN8O6S2. The molecule has 2 amide bonds. The summed E-state index contributed by atoms with van der Waals surface area (Å²) >= 11 is 9.46. The quantitative estimate of drug-likeness (QED) is 0.0395. The number of hydrogen-bond acceptors (Lipinski definition) is 9. The van der Waals surface area contributed by atoms with Crippen LogP contribution in [0.3, 0.4) is 0 Å². The van der Waals surface area contributed by atoms with Gasteiger partial charge in [0, 0.05) is 47.7 Å². The van der Waals surface area contributed by atoms with Gasteiger partial charge in [-0.15, -0.1) is 0 Å². The highest BCUT2D eigenvalue weighted by atomic mass is 79.9. The third-order valence-corrected chi connectivity index (χ3v) is 10.3. The lowest BCUT2D eigenvalue weighted by molar-refractivity contribution is -0.384. The summed E-state index contributed by atoms with van der Waals surface area (Å²) in [5.74, 6) is -0.579. The van der Waals surface area contributed by atoms with Gasteiger partial charge in [0.05, 0.1) is 32.3 Å². The molecule has 17 heteroatoms. The topological polar surface area (TPSA) is 183 Å². The highest BCUT2D eigenvalue weighted by molar-refractivity contribution is 9.09. The van der Waals surface area contributed by atoms with Crippen LogP contribution >= 0.6 is 39.9 Å². The normalized spacial score (nSPS) is 10.5. The Morgan fingerprint density at radius 1 is 0.678 bits per heavy atom. The summed E-state index contributed by atoms with van der Waals surface area (Å²) in [6.07, 6.45) is 7.34. The fourth-order valence-corrected chi connectivity index (χ4v) is 7.04. The van der Waals surface area contributed by atoms with Crippen molar-refractivity contribution in [2.75, 3.05) is 21.7 Å². The molecule has 0 aliphatic carbocycles. The largest absolute Gasteiger partial charge is 0.337 e. The number of nitrogens with zero attached hydrogens (tertiary/aromatic N) is 5. The highest BCUT2D eigenvalue weighted by Crippen LogP contribution is 2.28. The van der Waals surface area contributed by atoms with E-state index in [1.165, 1.54) is 46.8 Å². The molecule has 8 aromatic rings. The first-order valence-electron chi connectivity index (χ1n) is 17.7. The summed E-state index contributed by atoms with van der Waals surface area (Å²) in [6, 6.07) is 40.7. The minimum Gasteiger partial charge on any atom is -0.337 e. The third kappa shape index (κ3) is 10.5. The first-order chi connectivity index (χ1) is 28.6. The number of para-hydroxylation sites is 4. The summed E-state index contributed by atoms with van der Waals surface area (Å²) in [6.45, 7) is 0. The predicted molar refractivity (Wildman–Crippen MR) is 237 cm³/mol. The van der Waals surface area contributed by atoms with E-state index >= 15 is 0 Å². The molecule has 0 saturated heterocycles. The Balaban J connectivity index is 0.000000164. The molecule has 3 N–H and O–H groups in total. The number of rotatable bonds is 10. The molecule has 14 nitrogen and oxygen atoms in total. The number of amides is 2. The Labute approximate surface area is 354 Å². The van der Waals surface area contributed by atoms with E-state index in [2.05, 4.69) is 60.8 Å². The summed E-state index contributed by atoms with van der Waals surface area (Å²) in [4.78, 5) is 51.3. The van der Waals surface area contributed by atoms with Crippen LogP contribution < -0.4 is 10.6 Å². The number of carbonyl (C=O) groups excluding carboxylic acids is 2. The van der Waals surface area contributed by atoms with Crippen molar-refractivity contribution in [3.05, 3.63) is 183 Å². The smallest absolute Gasteiger partial charge is 0.292 e. The van der Waals surface area contributed by atoms with Crippen LogP contribution in [0.1, 0.15) is 0 Å². The average molecular weight is 890 g/mol. The van der Waals surface area contributed by atoms with Crippen LogP contribution in [0, 0.1) is 25.0 Å². The zero-order valence-electron chi connectivity index (χ0n) is 30.8. The van der Waals surface area contributed by atoms with E-state index in [0.717, 1.165) is 26.9 Å². The number of anilines is 2. The molecule has 6 aromatic carbocycles. The standard InChI is InChI=1S/C21H16N4O3S.C13H10N2S.C8H7BrN2O3/c26-20(23-17-9-3-4-10-19(17)25(27)28)14-29-21-22-12-13-24(21)18-11-5-7-15-6-1-2-8-16(15)18;16-13-14-8-9-15(13)12-7-3-5-10-4-1-2-6-11(10)12;9-5-8(12)10-6-3-1-2-4-7(6)11(13)14/h1-13H,14H2,(H,23,26);1-9H,(H,14,16);1-4H,5H2,(H,10,12). The number of aromatic amines is 1. The molecule has 8 rings (SSSR count). The van der Waals surface area contributed by atoms with Crippen LogP contribution in [0.5, 0.6) is 0 Å². The van der Waals surface area contributed by atoms with Crippen molar-refractivity contribution in [3.8, 4) is 11.4 Å². The number of hydrogen-bond donors (Lipinski definition) is 3. The maximum Gasteiger partial charge on any atom is 0.292 e. The van der Waals surface area contributed by atoms with Gasteiger partial charge in [0.1, 0.15) is 11.4 Å². The van der Waals surface area contributed by atoms with Gasteiger partial charge in [-0.3, -0.25) is 39.0 Å². The van der Waals surface area contributed by atoms with E-state index in [0.29, 0.717) is 5.16 Å². The molecule has 0 saturated carbocycles. The van der Waals surface area contributed by atoms with Gasteiger partial charge in [-0.1, -0.05) is 125 Å². The van der Waals surface area contributed by atoms with Gasteiger partial charge in [-0.05, 0) is 47.3 Å². The SMILES string of the molecule is O=C(CBr)Nc1ccccc1[N+](=O)[O-].O=C(CSc1nccn1-c1cccc2ccccc12)Nc1ccccc1[N+](=O)[O-].S=c1[nH]ccn1-c1cccc2ccccc12. The number of nitro groups is 2. The Hall–Kier alpha value is -6.95. The van der Waals surface area contributed by atoms with Crippen molar-refractivity contribution >= 4 is 96.0 Å². The molecule has 59 heavy (non-hydrogen) atoms. The second-order valence-corrected chi connectivity index (χ2v) is 14.2. The van der Waals surface area contributed by atoms with E-state index in [4.69, 9.17) is 12.2 Å². The summed E-state index contributed by atoms with van der Waals surface area (Å²) in [5.41, 5.74) is 2.24. The molecule has 296 valence electrons. The first kappa shape index (κ1) is 41.7. The molecule has 0 unspecified atom stereocenters. The molecule has 0 atom stereocenters. The van der Waals surface area contributed by atoms with Crippen molar-refractivity contribution in [3.63, 3.8) is 0 Å². The number of benzene rings is 6. The predicted octanol–water partition coefficient (Wildman–Crippen LogP) is 10.3. The summed E-state index contributed by atoms with van der Waals surface area (Å²) < 4.78 is 4.64. The van der Waals surface area contributed by atoms with Crippen LogP contribution in [0.25, 0.3) is 32.9 Å².